The van der Waals surface area contributed by atoms with Gasteiger partial charge in [0.05, 0.1) is 18.8 Å². The van der Waals surface area contributed by atoms with Crippen molar-refractivity contribution in [3.05, 3.63) is 24.2 Å². The molecule has 0 spiro atoms. The number of carbonyl (C=O) groups excluding carboxylic acids is 1. The van der Waals surface area contributed by atoms with E-state index in [4.69, 9.17) is 10.2 Å². The predicted molar refractivity (Wildman–Crippen MR) is 67.2 cm³/mol. The summed E-state index contributed by atoms with van der Waals surface area (Å²) in [5, 5.41) is 0. The highest BCUT2D eigenvalue weighted by Gasteiger charge is 2.26. The molecule has 4 heteroatoms. The molecule has 1 amide bonds. The van der Waals surface area contributed by atoms with E-state index in [0.717, 1.165) is 5.76 Å². The van der Waals surface area contributed by atoms with Crippen molar-refractivity contribution in [1.82, 2.24) is 4.90 Å². The molecule has 96 valence electrons. The average molecular weight is 238 g/mol. The maximum absolute atomic E-state index is 12.2. The molecule has 0 radical (unpaired) electrons. The van der Waals surface area contributed by atoms with Crippen LogP contribution in [-0.2, 0) is 11.3 Å². The number of carbonyl (C=O) groups is 1. The lowest BCUT2D eigenvalue weighted by molar-refractivity contribution is -0.136. The van der Waals surface area contributed by atoms with E-state index in [1.165, 1.54) is 0 Å². The summed E-state index contributed by atoms with van der Waals surface area (Å²) in [4.78, 5) is 14.0. The van der Waals surface area contributed by atoms with Gasteiger partial charge < -0.3 is 15.1 Å². The van der Waals surface area contributed by atoms with Gasteiger partial charge in [-0.15, -0.1) is 0 Å². The van der Waals surface area contributed by atoms with E-state index >= 15 is 0 Å². The Kier molecular flexibility index (Phi) is 4.75. The van der Waals surface area contributed by atoms with Crippen LogP contribution in [0.1, 0.15) is 33.5 Å². The number of hydrogen-bond donors (Lipinski definition) is 1. The molecule has 0 aromatic carbocycles. The van der Waals surface area contributed by atoms with Gasteiger partial charge in [-0.05, 0) is 31.9 Å². The monoisotopic (exact) mass is 238 g/mol. The first-order valence-corrected chi connectivity index (χ1v) is 6.02. The molecule has 1 atom stereocenters. The molecule has 1 aromatic rings. The van der Waals surface area contributed by atoms with Crippen LogP contribution in [0.15, 0.2) is 22.8 Å². The van der Waals surface area contributed by atoms with Crippen LogP contribution < -0.4 is 5.73 Å². The van der Waals surface area contributed by atoms with Gasteiger partial charge in [-0.2, -0.15) is 0 Å². The first-order chi connectivity index (χ1) is 7.93. The first kappa shape index (κ1) is 13.8. The maximum atomic E-state index is 12.2. The van der Waals surface area contributed by atoms with E-state index in [9.17, 15) is 4.79 Å². The number of hydrogen-bond acceptors (Lipinski definition) is 3. The predicted octanol–water partition coefficient (Wildman–Crippen LogP) is 2.00. The van der Waals surface area contributed by atoms with E-state index in [1.807, 2.05) is 39.8 Å². The van der Waals surface area contributed by atoms with Crippen molar-refractivity contribution in [2.45, 2.75) is 46.3 Å². The molecule has 0 saturated heterocycles. The minimum atomic E-state index is -0.452. The molecule has 0 saturated carbocycles. The Bertz CT molecular complexity index is 344. The van der Waals surface area contributed by atoms with Gasteiger partial charge >= 0.3 is 0 Å². The van der Waals surface area contributed by atoms with E-state index in [2.05, 4.69) is 0 Å². The number of amides is 1. The number of rotatable bonds is 5. The molecule has 0 fully saturated rings. The largest absolute Gasteiger partial charge is 0.467 e. The van der Waals surface area contributed by atoms with Crippen LogP contribution in [0.5, 0.6) is 0 Å². The Morgan fingerprint density at radius 1 is 1.41 bits per heavy atom. The molecular formula is C13H22N2O2. The summed E-state index contributed by atoms with van der Waals surface area (Å²) in [7, 11) is 0. The third-order valence-corrected chi connectivity index (χ3v) is 2.82. The Labute approximate surface area is 103 Å². The second-order valence-electron chi connectivity index (χ2n) is 4.91. The number of furan rings is 1. The second kappa shape index (κ2) is 5.87. The van der Waals surface area contributed by atoms with Gasteiger partial charge in [0.15, 0.2) is 0 Å². The van der Waals surface area contributed by atoms with Crippen LogP contribution in [0.25, 0.3) is 0 Å². The topological polar surface area (TPSA) is 59.5 Å². The van der Waals surface area contributed by atoms with E-state index in [0.29, 0.717) is 6.54 Å². The molecule has 17 heavy (non-hydrogen) atoms. The van der Waals surface area contributed by atoms with Crippen molar-refractivity contribution in [1.29, 1.82) is 0 Å². The molecule has 1 rings (SSSR count). The fourth-order valence-electron chi connectivity index (χ4n) is 1.56. The summed E-state index contributed by atoms with van der Waals surface area (Å²) < 4.78 is 5.27. The summed E-state index contributed by atoms with van der Waals surface area (Å²) in [6.45, 7) is 8.34. The highest BCUT2D eigenvalue weighted by molar-refractivity contribution is 5.82. The van der Waals surface area contributed by atoms with Gasteiger partial charge in [0.1, 0.15) is 5.76 Å². The zero-order valence-electron chi connectivity index (χ0n) is 11.0. The van der Waals surface area contributed by atoms with Crippen molar-refractivity contribution < 1.29 is 9.21 Å². The molecule has 1 unspecified atom stereocenters. The molecule has 4 nitrogen and oxygen atoms in total. The van der Waals surface area contributed by atoms with E-state index in [1.54, 1.807) is 11.2 Å². The number of nitrogens with zero attached hydrogens (tertiary/aromatic N) is 1. The zero-order chi connectivity index (χ0) is 13.0. The minimum absolute atomic E-state index is 0.0219. The van der Waals surface area contributed by atoms with Crippen LogP contribution in [-0.4, -0.2) is 22.9 Å². The summed E-state index contributed by atoms with van der Waals surface area (Å²) in [6.07, 6.45) is 1.61. The van der Waals surface area contributed by atoms with Gasteiger partial charge in [-0.1, -0.05) is 13.8 Å². The highest BCUT2D eigenvalue weighted by atomic mass is 16.3. The molecular weight excluding hydrogens is 216 g/mol. The first-order valence-electron chi connectivity index (χ1n) is 6.02. The number of nitrogens with two attached hydrogens (primary N) is 1. The molecule has 0 aliphatic carbocycles. The Morgan fingerprint density at radius 3 is 2.47 bits per heavy atom. The van der Waals surface area contributed by atoms with E-state index < -0.39 is 6.04 Å². The van der Waals surface area contributed by atoms with Crippen LogP contribution in [0, 0.1) is 5.92 Å². The summed E-state index contributed by atoms with van der Waals surface area (Å²) in [5.74, 6) is 0.898. The Balaban J connectivity index is 2.76. The maximum Gasteiger partial charge on any atom is 0.240 e. The molecule has 0 aliphatic heterocycles. The summed E-state index contributed by atoms with van der Waals surface area (Å²) in [6, 6.07) is 3.34. The van der Waals surface area contributed by atoms with Gasteiger partial charge in [0, 0.05) is 6.04 Å². The third kappa shape index (κ3) is 3.60. The Hall–Kier alpha value is -1.29. The van der Waals surface area contributed by atoms with Gasteiger partial charge in [-0.25, -0.2) is 0 Å². The molecule has 1 heterocycles. The molecule has 1 aromatic heterocycles. The van der Waals surface area contributed by atoms with Crippen LogP contribution in [0.4, 0.5) is 0 Å². The minimum Gasteiger partial charge on any atom is -0.467 e. The molecule has 0 aliphatic rings. The molecule has 0 bridgehead atoms. The van der Waals surface area contributed by atoms with Crippen molar-refractivity contribution in [2.24, 2.45) is 11.7 Å². The SMILES string of the molecule is CC(C)C(N)C(=O)N(Cc1ccco1)C(C)C. The standard InChI is InChI=1S/C13H22N2O2/c1-9(2)12(14)13(16)15(10(3)4)8-11-6-5-7-17-11/h5-7,9-10,12H,8,14H2,1-4H3. The quantitative estimate of drug-likeness (QED) is 0.853. The molecule has 2 N–H and O–H groups in total. The smallest absolute Gasteiger partial charge is 0.240 e. The lowest BCUT2D eigenvalue weighted by Gasteiger charge is -2.29. The Morgan fingerprint density at radius 2 is 2.06 bits per heavy atom. The lowest BCUT2D eigenvalue weighted by atomic mass is 10.0. The third-order valence-electron chi connectivity index (χ3n) is 2.82. The van der Waals surface area contributed by atoms with Crippen molar-refractivity contribution in [2.75, 3.05) is 0 Å². The van der Waals surface area contributed by atoms with Gasteiger partial charge in [-0.3, -0.25) is 4.79 Å². The normalized spacial score (nSPS) is 13.1. The average Bonchev–Trinajstić information content (AvgIpc) is 2.76. The van der Waals surface area contributed by atoms with Crippen molar-refractivity contribution in [3.63, 3.8) is 0 Å². The van der Waals surface area contributed by atoms with Gasteiger partial charge in [0.25, 0.3) is 0 Å². The summed E-state index contributed by atoms with van der Waals surface area (Å²) >= 11 is 0. The van der Waals surface area contributed by atoms with E-state index in [-0.39, 0.29) is 17.9 Å². The van der Waals surface area contributed by atoms with Crippen LogP contribution in [0.3, 0.4) is 0 Å². The summed E-state index contributed by atoms with van der Waals surface area (Å²) in [5.41, 5.74) is 5.91. The van der Waals surface area contributed by atoms with Gasteiger partial charge in [0.2, 0.25) is 5.91 Å². The second-order valence-corrected chi connectivity index (χ2v) is 4.91. The highest BCUT2D eigenvalue weighted by Crippen LogP contribution is 2.12. The zero-order valence-corrected chi connectivity index (χ0v) is 11.0. The fraction of sp³-hybridized carbons (Fsp3) is 0.615. The van der Waals surface area contributed by atoms with Crippen LogP contribution >= 0.6 is 0 Å². The van der Waals surface area contributed by atoms with Crippen LogP contribution in [0.2, 0.25) is 0 Å². The van der Waals surface area contributed by atoms with Crippen molar-refractivity contribution >= 4 is 5.91 Å². The fourth-order valence-corrected chi connectivity index (χ4v) is 1.56. The van der Waals surface area contributed by atoms with Crippen molar-refractivity contribution in [3.8, 4) is 0 Å². The lowest BCUT2D eigenvalue weighted by Crippen LogP contribution is -2.48.